The second-order valence-electron chi connectivity index (χ2n) is 6.05. The van der Waals surface area contributed by atoms with Crippen molar-refractivity contribution in [1.82, 2.24) is 0 Å². The highest BCUT2D eigenvalue weighted by atomic mass is 16.5. The summed E-state index contributed by atoms with van der Waals surface area (Å²) in [4.78, 5) is 12.6. The summed E-state index contributed by atoms with van der Waals surface area (Å²) in [6.45, 7) is 0.401. The van der Waals surface area contributed by atoms with Gasteiger partial charge in [-0.2, -0.15) is 0 Å². The van der Waals surface area contributed by atoms with Gasteiger partial charge in [-0.1, -0.05) is 36.4 Å². The lowest BCUT2D eigenvalue weighted by molar-refractivity contribution is 0.102. The fraction of sp³-hybridized carbons (Fsp3) is 0.150. The molecule has 3 aromatic rings. The van der Waals surface area contributed by atoms with Crippen LogP contribution in [0.25, 0.3) is 10.8 Å². The number of ether oxygens (including phenoxy) is 1. The third-order valence-electron chi connectivity index (χ3n) is 4.39. The van der Waals surface area contributed by atoms with Crippen LogP contribution in [0.2, 0.25) is 0 Å². The minimum Gasteiger partial charge on any atom is -0.507 e. The van der Waals surface area contributed by atoms with E-state index >= 15 is 0 Å². The van der Waals surface area contributed by atoms with Gasteiger partial charge in [0.1, 0.15) is 11.5 Å². The molecule has 1 atom stereocenters. The first-order chi connectivity index (χ1) is 12.1. The molecule has 5 heteroatoms. The van der Waals surface area contributed by atoms with Crippen molar-refractivity contribution in [1.29, 1.82) is 0 Å². The van der Waals surface area contributed by atoms with Crippen molar-refractivity contribution in [2.24, 2.45) is 0 Å². The number of phenols is 1. The number of benzene rings is 3. The van der Waals surface area contributed by atoms with Gasteiger partial charge in [-0.3, -0.25) is 4.79 Å². The van der Waals surface area contributed by atoms with Crippen LogP contribution < -0.4 is 10.1 Å². The zero-order valence-electron chi connectivity index (χ0n) is 13.4. The molecule has 3 aromatic carbocycles. The fourth-order valence-electron chi connectivity index (χ4n) is 3.12. The van der Waals surface area contributed by atoms with Crippen LogP contribution in [0.5, 0.6) is 11.5 Å². The van der Waals surface area contributed by atoms with Crippen LogP contribution in [0, 0.1) is 0 Å². The lowest BCUT2D eigenvalue weighted by Gasteiger charge is -2.24. The molecule has 126 valence electrons. The van der Waals surface area contributed by atoms with Crippen LogP contribution in [0.4, 0.5) is 5.69 Å². The summed E-state index contributed by atoms with van der Waals surface area (Å²) in [5.74, 6) is 0.211. The van der Waals surface area contributed by atoms with Crippen molar-refractivity contribution in [2.45, 2.75) is 12.5 Å². The Morgan fingerprint density at radius 1 is 1.12 bits per heavy atom. The van der Waals surface area contributed by atoms with Crippen molar-refractivity contribution < 1.29 is 19.7 Å². The minimum atomic E-state index is -0.592. The maximum Gasteiger partial charge on any atom is 0.255 e. The van der Waals surface area contributed by atoms with Gasteiger partial charge >= 0.3 is 0 Å². The Balaban J connectivity index is 1.68. The molecular formula is C20H17NO4. The highest BCUT2D eigenvalue weighted by Gasteiger charge is 2.23. The average molecular weight is 335 g/mol. The Labute approximate surface area is 144 Å². The number of para-hydroxylation sites is 1. The van der Waals surface area contributed by atoms with E-state index in [-0.39, 0.29) is 11.7 Å². The average Bonchev–Trinajstić information content (AvgIpc) is 2.62. The first kappa shape index (κ1) is 15.5. The third-order valence-corrected chi connectivity index (χ3v) is 4.39. The highest BCUT2D eigenvalue weighted by Crippen LogP contribution is 2.38. The number of rotatable bonds is 2. The quantitative estimate of drug-likeness (QED) is 0.668. The third kappa shape index (κ3) is 2.79. The Morgan fingerprint density at radius 2 is 1.96 bits per heavy atom. The van der Waals surface area contributed by atoms with Crippen LogP contribution in [0.15, 0.2) is 54.6 Å². The van der Waals surface area contributed by atoms with Crippen molar-refractivity contribution in [2.75, 3.05) is 11.9 Å². The van der Waals surface area contributed by atoms with Crippen LogP contribution in [-0.2, 0) is 0 Å². The number of hydrogen-bond donors (Lipinski definition) is 3. The molecule has 0 unspecified atom stereocenters. The molecule has 0 radical (unpaired) electrons. The van der Waals surface area contributed by atoms with E-state index in [2.05, 4.69) is 5.32 Å². The smallest absolute Gasteiger partial charge is 0.255 e. The summed E-state index contributed by atoms with van der Waals surface area (Å²) >= 11 is 0. The van der Waals surface area contributed by atoms with Crippen molar-refractivity contribution in [3.05, 3.63) is 65.7 Å². The molecule has 3 N–H and O–H groups in total. The first-order valence-electron chi connectivity index (χ1n) is 8.10. The largest absolute Gasteiger partial charge is 0.507 e. The van der Waals surface area contributed by atoms with Crippen LogP contribution >= 0.6 is 0 Å². The number of hydrogen-bond acceptors (Lipinski definition) is 4. The second-order valence-corrected chi connectivity index (χ2v) is 6.05. The molecule has 0 saturated heterocycles. The molecule has 0 spiro atoms. The number of phenolic OH excluding ortho intramolecular Hbond substituents is 1. The number of aliphatic hydroxyl groups excluding tert-OH is 1. The van der Waals surface area contributed by atoms with Crippen molar-refractivity contribution >= 4 is 22.4 Å². The standard InChI is InChI=1S/C20H17NO4/c22-17-8-9-25-19-15(17)6-3-7-16(19)21-20(24)13-10-12-4-1-2-5-14(12)18(23)11-13/h1-7,10-11,17,22-23H,8-9H2,(H,21,24)/t17-/m1/s1. The Morgan fingerprint density at radius 3 is 2.84 bits per heavy atom. The van der Waals surface area contributed by atoms with Gasteiger partial charge in [0.2, 0.25) is 0 Å². The molecule has 0 aromatic heterocycles. The number of aromatic hydroxyl groups is 1. The number of carbonyl (C=O) groups is 1. The number of amides is 1. The van der Waals surface area contributed by atoms with Gasteiger partial charge in [0, 0.05) is 22.9 Å². The van der Waals surface area contributed by atoms with Gasteiger partial charge < -0.3 is 20.3 Å². The maximum atomic E-state index is 12.6. The van der Waals surface area contributed by atoms with E-state index in [1.807, 2.05) is 18.2 Å². The SMILES string of the molecule is O=C(Nc1cccc2c1OCC[C@H]2O)c1cc(O)c2ccccc2c1. The van der Waals surface area contributed by atoms with E-state index in [1.54, 1.807) is 30.3 Å². The molecule has 1 amide bonds. The van der Waals surface area contributed by atoms with Crippen molar-refractivity contribution in [3.63, 3.8) is 0 Å². The van der Waals surface area contributed by atoms with E-state index < -0.39 is 6.10 Å². The van der Waals surface area contributed by atoms with Crippen LogP contribution in [0.3, 0.4) is 0 Å². The Hall–Kier alpha value is -3.05. The van der Waals surface area contributed by atoms with E-state index in [1.165, 1.54) is 6.07 Å². The molecule has 0 bridgehead atoms. The summed E-state index contributed by atoms with van der Waals surface area (Å²) in [6, 6.07) is 15.8. The van der Waals surface area contributed by atoms with E-state index in [0.29, 0.717) is 41.0 Å². The normalized spacial score (nSPS) is 16.1. The predicted octanol–water partition coefficient (Wildman–Crippen LogP) is 3.61. The van der Waals surface area contributed by atoms with E-state index in [9.17, 15) is 15.0 Å². The first-order valence-corrected chi connectivity index (χ1v) is 8.10. The zero-order valence-corrected chi connectivity index (χ0v) is 13.4. The molecule has 0 aliphatic carbocycles. The minimum absolute atomic E-state index is 0.0602. The summed E-state index contributed by atoms with van der Waals surface area (Å²) in [5, 5.41) is 24.5. The Bertz CT molecular complexity index is 967. The van der Waals surface area contributed by atoms with Crippen molar-refractivity contribution in [3.8, 4) is 11.5 Å². The van der Waals surface area contributed by atoms with E-state index in [4.69, 9.17) is 4.74 Å². The zero-order chi connectivity index (χ0) is 17.4. The molecular weight excluding hydrogens is 318 g/mol. The van der Waals surface area contributed by atoms with Gasteiger partial charge in [-0.25, -0.2) is 0 Å². The molecule has 0 fully saturated rings. The van der Waals surface area contributed by atoms with Gasteiger partial charge in [0.25, 0.3) is 5.91 Å². The van der Waals surface area contributed by atoms with Crippen LogP contribution in [-0.4, -0.2) is 22.7 Å². The number of carbonyl (C=O) groups excluding carboxylic acids is 1. The van der Waals surface area contributed by atoms with Crippen LogP contribution in [0.1, 0.15) is 28.4 Å². The molecule has 1 heterocycles. The second kappa shape index (κ2) is 6.11. The maximum absolute atomic E-state index is 12.6. The summed E-state index contributed by atoms with van der Waals surface area (Å²) in [5.41, 5.74) is 1.53. The summed E-state index contributed by atoms with van der Waals surface area (Å²) < 4.78 is 5.63. The van der Waals surface area contributed by atoms with Gasteiger partial charge in [-0.05, 0) is 23.6 Å². The number of aliphatic hydroxyl groups is 1. The molecule has 5 nitrogen and oxygen atoms in total. The fourth-order valence-corrected chi connectivity index (χ4v) is 3.12. The number of anilines is 1. The monoisotopic (exact) mass is 335 g/mol. The van der Waals surface area contributed by atoms with Gasteiger partial charge in [0.05, 0.1) is 18.4 Å². The predicted molar refractivity (Wildman–Crippen MR) is 95.1 cm³/mol. The van der Waals surface area contributed by atoms with Gasteiger partial charge in [0.15, 0.2) is 0 Å². The molecule has 1 aliphatic heterocycles. The highest BCUT2D eigenvalue weighted by molar-refractivity contribution is 6.08. The Kier molecular flexibility index (Phi) is 3.78. The summed E-state index contributed by atoms with van der Waals surface area (Å²) in [6.07, 6.45) is -0.0616. The van der Waals surface area contributed by atoms with Gasteiger partial charge in [-0.15, -0.1) is 0 Å². The lowest BCUT2D eigenvalue weighted by atomic mass is 10.0. The number of fused-ring (bicyclic) bond motifs is 2. The van der Waals surface area contributed by atoms with E-state index in [0.717, 1.165) is 5.39 Å². The molecule has 0 saturated carbocycles. The molecule has 4 rings (SSSR count). The summed E-state index contributed by atoms with van der Waals surface area (Å²) in [7, 11) is 0. The number of nitrogens with one attached hydrogen (secondary N) is 1. The topological polar surface area (TPSA) is 78.8 Å². The molecule has 1 aliphatic rings. The molecule has 25 heavy (non-hydrogen) atoms. The lowest BCUT2D eigenvalue weighted by Crippen LogP contribution is -2.18.